The second-order valence-electron chi connectivity index (χ2n) is 6.86. The van der Waals surface area contributed by atoms with E-state index in [2.05, 4.69) is 10.3 Å². The smallest absolute Gasteiger partial charge is 0.335 e. The number of carbonyl (C=O) groups excluding carboxylic acids is 1. The van der Waals surface area contributed by atoms with E-state index >= 15 is 0 Å². The standard InChI is InChI=1S/C23H19N3O3S/c1-14-6-3-10-19(15(14)2)24-23-25-21(27)20(30-23)13-18-9-5-11-26(18)17-8-4-7-16(12-17)22(28)29/h3-13H,1-2H3,(H,28,29)(H,24,25,27)/b20-13-. The fraction of sp³-hybridized carbons (Fsp3) is 0.0870. The molecule has 0 atom stereocenters. The molecule has 4 rings (SSSR count). The molecule has 1 aliphatic rings. The van der Waals surface area contributed by atoms with Crippen LogP contribution in [0.1, 0.15) is 27.2 Å². The molecule has 1 saturated heterocycles. The number of nitrogens with zero attached hydrogens (tertiary/aromatic N) is 2. The molecule has 2 aromatic carbocycles. The first-order valence-corrected chi connectivity index (χ1v) is 10.1. The van der Waals surface area contributed by atoms with Gasteiger partial charge in [-0.05, 0) is 79.2 Å². The highest BCUT2D eigenvalue weighted by Crippen LogP contribution is 2.30. The monoisotopic (exact) mass is 417 g/mol. The zero-order chi connectivity index (χ0) is 21.3. The molecule has 7 heteroatoms. The lowest BCUT2D eigenvalue weighted by Gasteiger charge is -2.08. The first-order valence-electron chi connectivity index (χ1n) is 9.29. The molecule has 2 heterocycles. The maximum absolute atomic E-state index is 12.5. The van der Waals surface area contributed by atoms with Crippen molar-refractivity contribution in [2.45, 2.75) is 13.8 Å². The van der Waals surface area contributed by atoms with Gasteiger partial charge in [0.2, 0.25) is 0 Å². The average molecular weight is 417 g/mol. The third kappa shape index (κ3) is 3.92. The molecule has 0 spiro atoms. The number of amides is 1. The van der Waals surface area contributed by atoms with Gasteiger partial charge in [0, 0.05) is 17.6 Å². The van der Waals surface area contributed by atoms with Crippen LogP contribution in [-0.2, 0) is 4.79 Å². The van der Waals surface area contributed by atoms with Crippen LogP contribution in [0.4, 0.5) is 5.69 Å². The summed E-state index contributed by atoms with van der Waals surface area (Å²) in [5.74, 6) is -1.20. The van der Waals surface area contributed by atoms with Gasteiger partial charge in [-0.15, -0.1) is 0 Å². The second-order valence-corrected chi connectivity index (χ2v) is 7.89. The Bertz CT molecular complexity index is 1220. The number of carbonyl (C=O) groups is 2. The van der Waals surface area contributed by atoms with E-state index < -0.39 is 5.97 Å². The van der Waals surface area contributed by atoms with Crippen LogP contribution in [0.5, 0.6) is 0 Å². The Morgan fingerprint density at radius 3 is 2.73 bits per heavy atom. The Morgan fingerprint density at radius 2 is 1.93 bits per heavy atom. The highest BCUT2D eigenvalue weighted by atomic mass is 32.2. The van der Waals surface area contributed by atoms with Crippen LogP contribution in [0.3, 0.4) is 0 Å². The summed E-state index contributed by atoms with van der Waals surface area (Å²) >= 11 is 1.28. The lowest BCUT2D eigenvalue weighted by Crippen LogP contribution is -2.19. The molecular formula is C23H19N3O3S. The second kappa shape index (κ2) is 8.04. The van der Waals surface area contributed by atoms with Gasteiger partial charge >= 0.3 is 5.97 Å². The van der Waals surface area contributed by atoms with Crippen molar-refractivity contribution in [2.24, 2.45) is 4.99 Å². The van der Waals surface area contributed by atoms with E-state index in [4.69, 9.17) is 0 Å². The summed E-state index contributed by atoms with van der Waals surface area (Å²) in [7, 11) is 0. The number of aromatic nitrogens is 1. The van der Waals surface area contributed by atoms with Gasteiger partial charge in [-0.2, -0.15) is 0 Å². The quantitative estimate of drug-likeness (QED) is 0.604. The normalized spacial score (nSPS) is 16.3. The number of aromatic carboxylic acids is 1. The third-order valence-electron chi connectivity index (χ3n) is 4.88. The number of carboxylic acids is 1. The van der Waals surface area contributed by atoms with Crippen LogP contribution >= 0.6 is 11.8 Å². The summed E-state index contributed by atoms with van der Waals surface area (Å²) in [6.07, 6.45) is 3.61. The fourth-order valence-corrected chi connectivity index (χ4v) is 3.94. The van der Waals surface area contributed by atoms with Gasteiger partial charge < -0.3 is 15.0 Å². The number of aliphatic imine (C=N–C) groups is 1. The van der Waals surface area contributed by atoms with Crippen molar-refractivity contribution >= 4 is 40.6 Å². The molecule has 2 N–H and O–H groups in total. The maximum Gasteiger partial charge on any atom is 0.335 e. The summed E-state index contributed by atoms with van der Waals surface area (Å²) in [4.78, 5) is 28.9. The summed E-state index contributed by atoms with van der Waals surface area (Å²) in [6.45, 7) is 4.03. The summed E-state index contributed by atoms with van der Waals surface area (Å²) < 4.78 is 1.84. The van der Waals surface area contributed by atoms with E-state index in [0.29, 0.717) is 15.8 Å². The molecule has 6 nitrogen and oxygen atoms in total. The molecule has 1 aromatic heterocycles. The van der Waals surface area contributed by atoms with Crippen molar-refractivity contribution < 1.29 is 14.7 Å². The predicted octanol–water partition coefficient (Wildman–Crippen LogP) is 4.68. The minimum absolute atomic E-state index is 0.204. The maximum atomic E-state index is 12.5. The van der Waals surface area contributed by atoms with Crippen LogP contribution in [0.2, 0.25) is 0 Å². The van der Waals surface area contributed by atoms with Crippen LogP contribution < -0.4 is 5.32 Å². The number of amidine groups is 1. The van der Waals surface area contributed by atoms with Gasteiger partial charge in [0.15, 0.2) is 5.17 Å². The van der Waals surface area contributed by atoms with Crippen molar-refractivity contribution in [1.29, 1.82) is 0 Å². The fourth-order valence-electron chi connectivity index (χ4n) is 3.12. The molecule has 0 saturated carbocycles. The van der Waals surface area contributed by atoms with E-state index in [1.165, 1.54) is 11.8 Å². The third-order valence-corrected chi connectivity index (χ3v) is 5.79. The first-order chi connectivity index (χ1) is 14.4. The number of benzene rings is 2. The van der Waals surface area contributed by atoms with Crippen molar-refractivity contribution in [3.05, 3.63) is 88.1 Å². The lowest BCUT2D eigenvalue weighted by molar-refractivity contribution is -0.115. The van der Waals surface area contributed by atoms with Gasteiger partial charge in [-0.3, -0.25) is 4.79 Å². The van der Waals surface area contributed by atoms with Gasteiger partial charge in [-0.1, -0.05) is 18.2 Å². The van der Waals surface area contributed by atoms with Gasteiger partial charge in [0.25, 0.3) is 5.91 Å². The van der Waals surface area contributed by atoms with Gasteiger partial charge in [0.1, 0.15) is 0 Å². The topological polar surface area (TPSA) is 83.7 Å². The van der Waals surface area contributed by atoms with Crippen molar-refractivity contribution in [3.63, 3.8) is 0 Å². The molecule has 30 heavy (non-hydrogen) atoms. The molecule has 1 fully saturated rings. The van der Waals surface area contributed by atoms with E-state index in [9.17, 15) is 14.7 Å². The predicted molar refractivity (Wildman–Crippen MR) is 119 cm³/mol. The number of aryl methyl sites for hydroxylation is 1. The Kier molecular flexibility index (Phi) is 5.29. The average Bonchev–Trinajstić information content (AvgIpc) is 3.32. The highest BCUT2D eigenvalue weighted by Gasteiger charge is 2.24. The zero-order valence-electron chi connectivity index (χ0n) is 16.4. The molecular weight excluding hydrogens is 398 g/mol. The molecule has 1 aliphatic heterocycles. The number of rotatable bonds is 4. The Labute approximate surface area is 178 Å². The minimum Gasteiger partial charge on any atom is -0.478 e. The van der Waals surface area contributed by atoms with Gasteiger partial charge in [-0.25, -0.2) is 9.79 Å². The summed E-state index contributed by atoms with van der Waals surface area (Å²) in [5.41, 5.74) is 4.72. The van der Waals surface area contributed by atoms with Crippen LogP contribution in [0.25, 0.3) is 11.8 Å². The first kappa shape index (κ1) is 19.7. The number of hydrogen-bond donors (Lipinski definition) is 2. The van der Waals surface area contributed by atoms with E-state index in [1.807, 2.05) is 61.0 Å². The SMILES string of the molecule is Cc1cccc(N=C2NC(=O)/C(=C/c3cccn3-c3cccc(C(=O)O)c3)S2)c1C. The van der Waals surface area contributed by atoms with Gasteiger partial charge in [0.05, 0.1) is 16.2 Å². The minimum atomic E-state index is -0.984. The Balaban J connectivity index is 1.64. The largest absolute Gasteiger partial charge is 0.478 e. The molecule has 0 radical (unpaired) electrons. The van der Waals surface area contributed by atoms with Crippen LogP contribution in [-0.4, -0.2) is 26.7 Å². The summed E-state index contributed by atoms with van der Waals surface area (Å²) in [5, 5.41) is 12.6. The lowest BCUT2D eigenvalue weighted by atomic mass is 10.1. The molecule has 0 bridgehead atoms. The molecule has 0 aliphatic carbocycles. The van der Waals surface area contributed by atoms with Crippen LogP contribution in [0.15, 0.2) is 70.7 Å². The van der Waals surface area contributed by atoms with E-state index in [-0.39, 0.29) is 11.5 Å². The van der Waals surface area contributed by atoms with E-state index in [0.717, 1.165) is 22.5 Å². The molecule has 0 unspecified atom stereocenters. The van der Waals surface area contributed by atoms with E-state index in [1.54, 1.807) is 24.3 Å². The molecule has 1 amide bonds. The Hall–Kier alpha value is -3.58. The zero-order valence-corrected chi connectivity index (χ0v) is 17.2. The molecule has 3 aromatic rings. The number of thioether (sulfide) groups is 1. The number of carboxylic acid groups (broad SMARTS) is 1. The van der Waals surface area contributed by atoms with Crippen molar-refractivity contribution in [2.75, 3.05) is 0 Å². The number of nitrogens with one attached hydrogen (secondary N) is 1. The highest BCUT2D eigenvalue weighted by molar-refractivity contribution is 8.18. The van der Waals surface area contributed by atoms with Crippen molar-refractivity contribution in [1.82, 2.24) is 9.88 Å². The van der Waals surface area contributed by atoms with Crippen molar-refractivity contribution in [3.8, 4) is 5.69 Å². The van der Waals surface area contributed by atoms with Crippen LogP contribution in [0, 0.1) is 13.8 Å². The Morgan fingerprint density at radius 1 is 1.13 bits per heavy atom. The molecule has 150 valence electrons. The number of hydrogen-bond acceptors (Lipinski definition) is 4. The summed E-state index contributed by atoms with van der Waals surface area (Å²) in [6, 6.07) is 16.3.